The number of ketones is 1. The molecule has 1 saturated heterocycles. The lowest BCUT2D eigenvalue weighted by atomic mass is 10.00. The fourth-order valence-electron chi connectivity index (χ4n) is 7.59. The van der Waals surface area contributed by atoms with Crippen LogP contribution in [0, 0.1) is 19.3 Å². The number of fused-ring (bicyclic) bond motifs is 2. The van der Waals surface area contributed by atoms with Crippen molar-refractivity contribution in [2.75, 3.05) is 30.0 Å². The minimum Gasteiger partial charge on any atom is -0.443 e. The Hall–Kier alpha value is -5.97. The van der Waals surface area contributed by atoms with E-state index in [-0.39, 0.29) is 43.2 Å². The summed E-state index contributed by atoms with van der Waals surface area (Å²) < 4.78 is 53.9. The number of anilines is 2. The summed E-state index contributed by atoms with van der Waals surface area (Å²) in [4.78, 5) is 71.5. The van der Waals surface area contributed by atoms with E-state index < -0.39 is 65.2 Å². The van der Waals surface area contributed by atoms with Gasteiger partial charge in [-0.2, -0.15) is 18.3 Å². The summed E-state index contributed by atoms with van der Waals surface area (Å²) >= 11 is 0. The van der Waals surface area contributed by atoms with E-state index in [2.05, 4.69) is 38.5 Å². The average molecular weight is 831 g/mol. The van der Waals surface area contributed by atoms with E-state index in [9.17, 15) is 32.3 Å². The second kappa shape index (κ2) is 17.0. The third-order valence-corrected chi connectivity index (χ3v) is 10.5. The van der Waals surface area contributed by atoms with E-state index in [4.69, 9.17) is 9.47 Å². The van der Waals surface area contributed by atoms with Gasteiger partial charge in [-0.15, -0.1) is 13.2 Å². The number of unbranched alkanes of at least 4 members (excludes halogenated alkanes) is 1. The minimum absolute atomic E-state index is 0.0320. The standard InChI is InChI=1S/C43H49F3N8O6/c1-9-11-12-15-52(40(58)60-41(6,7)8)31-18-28(29-21-47-27(5)48-22-29)17-30-36(26(4)55)51-53(37(30)31)23-35(56)54-32(19-42(20-34(42)54)24-59-16-10-2)39(57)50-38-25(3)13-14-33(49-38)43(44,45)46/h9-10,13-14,17-18,21-22,32,34H,1-2,11-12,15-16,19-20,23-24H2,3-8H3,(H,49,50,57)/t32-,34+,42-/m0/s1. The Bertz CT molecular complexity index is 2340. The monoisotopic (exact) mass is 830 g/mol. The molecule has 1 aliphatic heterocycles. The molecule has 14 nitrogen and oxygen atoms in total. The first-order valence-corrected chi connectivity index (χ1v) is 19.6. The van der Waals surface area contributed by atoms with Crippen LogP contribution in [0.15, 0.2) is 62.0 Å². The number of piperidine rings is 1. The Morgan fingerprint density at radius 1 is 1.03 bits per heavy atom. The largest absolute Gasteiger partial charge is 0.443 e. The van der Waals surface area contributed by atoms with Gasteiger partial charge in [-0.25, -0.2) is 19.7 Å². The number of nitrogens with one attached hydrogen (secondary N) is 1. The van der Waals surface area contributed by atoms with E-state index in [1.165, 1.54) is 34.4 Å². The molecule has 3 aromatic heterocycles. The Morgan fingerprint density at radius 2 is 1.75 bits per heavy atom. The first-order valence-electron chi connectivity index (χ1n) is 19.6. The summed E-state index contributed by atoms with van der Waals surface area (Å²) in [6.45, 7) is 17.5. The molecule has 1 N–H and O–H groups in total. The maximum absolute atomic E-state index is 14.7. The van der Waals surface area contributed by atoms with Crippen molar-refractivity contribution in [3.05, 3.63) is 84.7 Å². The Kier molecular flexibility index (Phi) is 12.3. The van der Waals surface area contributed by atoms with Crippen LogP contribution in [-0.2, 0) is 31.8 Å². The lowest BCUT2D eigenvalue weighted by Gasteiger charge is -2.29. The van der Waals surface area contributed by atoms with Crippen molar-refractivity contribution in [1.82, 2.24) is 29.6 Å². The zero-order valence-corrected chi connectivity index (χ0v) is 34.6. The second-order valence-electron chi connectivity index (χ2n) is 16.3. The van der Waals surface area contributed by atoms with Crippen LogP contribution in [-0.4, -0.2) is 90.8 Å². The Balaban J connectivity index is 1.45. The summed E-state index contributed by atoms with van der Waals surface area (Å²) in [5.41, 5.74) is -0.566. The van der Waals surface area contributed by atoms with Crippen molar-refractivity contribution in [2.45, 2.75) is 97.6 Å². The van der Waals surface area contributed by atoms with Gasteiger partial charge in [0.2, 0.25) is 11.8 Å². The van der Waals surface area contributed by atoms with Gasteiger partial charge in [0.15, 0.2) is 5.78 Å². The molecule has 0 unspecified atom stereocenters. The number of alkyl halides is 3. The molecule has 0 bridgehead atoms. The quantitative estimate of drug-likeness (QED) is 0.0716. The number of rotatable bonds is 15. The number of carbonyl (C=O) groups is 4. The lowest BCUT2D eigenvalue weighted by Crippen LogP contribution is -2.47. The Labute approximate surface area is 345 Å². The highest BCUT2D eigenvalue weighted by atomic mass is 19.4. The number of likely N-dealkylation sites (tertiary alicyclic amines) is 1. The number of Topliss-reactive ketones (excluding diaryl/α,β-unsaturated/α-hetero) is 1. The molecule has 0 spiro atoms. The zero-order valence-electron chi connectivity index (χ0n) is 34.6. The predicted molar refractivity (Wildman–Crippen MR) is 218 cm³/mol. The molecule has 0 radical (unpaired) electrons. The van der Waals surface area contributed by atoms with Crippen LogP contribution in [0.1, 0.15) is 80.9 Å². The highest BCUT2D eigenvalue weighted by Gasteiger charge is 2.67. The number of nitrogens with zero attached hydrogens (tertiary/aromatic N) is 7. The number of benzene rings is 1. The molecule has 60 heavy (non-hydrogen) atoms. The van der Waals surface area contributed by atoms with Gasteiger partial charge in [-0.1, -0.05) is 18.2 Å². The maximum atomic E-state index is 14.7. The number of hydrogen-bond acceptors (Lipinski definition) is 10. The van der Waals surface area contributed by atoms with Gasteiger partial charge in [0.1, 0.15) is 41.2 Å². The number of amides is 3. The summed E-state index contributed by atoms with van der Waals surface area (Å²) in [6, 6.07) is 3.95. The van der Waals surface area contributed by atoms with Crippen LogP contribution >= 0.6 is 0 Å². The third kappa shape index (κ3) is 9.25. The number of halogens is 3. The van der Waals surface area contributed by atoms with Crippen LogP contribution in [0.2, 0.25) is 0 Å². The first kappa shape index (κ1) is 43.6. The Morgan fingerprint density at radius 3 is 2.38 bits per heavy atom. The van der Waals surface area contributed by atoms with Gasteiger partial charge >= 0.3 is 12.3 Å². The van der Waals surface area contributed by atoms with Crippen molar-refractivity contribution in [2.24, 2.45) is 5.41 Å². The molecule has 1 aromatic carbocycles. The smallest absolute Gasteiger partial charge is 0.433 e. The van der Waals surface area contributed by atoms with E-state index in [0.29, 0.717) is 52.9 Å². The fourth-order valence-corrected chi connectivity index (χ4v) is 7.59. The van der Waals surface area contributed by atoms with Gasteiger partial charge in [0.05, 0.1) is 24.4 Å². The van der Waals surface area contributed by atoms with Crippen LogP contribution in [0.5, 0.6) is 0 Å². The topological polar surface area (TPSA) is 162 Å². The van der Waals surface area contributed by atoms with E-state index in [0.717, 1.165) is 6.07 Å². The maximum Gasteiger partial charge on any atom is 0.433 e. The molecule has 2 fully saturated rings. The molecule has 17 heteroatoms. The number of carbonyl (C=O) groups excluding carboxylic acids is 4. The predicted octanol–water partition coefficient (Wildman–Crippen LogP) is 7.64. The number of hydrogen-bond donors (Lipinski definition) is 1. The van der Waals surface area contributed by atoms with Crippen LogP contribution < -0.4 is 10.2 Å². The summed E-state index contributed by atoms with van der Waals surface area (Å²) in [5.74, 6) is -1.41. The van der Waals surface area contributed by atoms with Gasteiger partial charge in [-0.05, 0) is 89.6 Å². The molecule has 6 rings (SSSR count). The molecule has 3 atom stereocenters. The van der Waals surface area contributed by atoms with Crippen LogP contribution in [0.4, 0.5) is 29.5 Å². The number of pyridine rings is 1. The molecule has 1 aliphatic carbocycles. The van der Waals surface area contributed by atoms with Crippen molar-refractivity contribution >= 4 is 46.1 Å². The highest BCUT2D eigenvalue weighted by molar-refractivity contribution is 6.11. The van der Waals surface area contributed by atoms with E-state index in [1.54, 1.807) is 64.4 Å². The molecule has 4 aromatic rings. The summed E-state index contributed by atoms with van der Waals surface area (Å²) in [5, 5.41) is 7.56. The van der Waals surface area contributed by atoms with Crippen LogP contribution in [0.25, 0.3) is 22.0 Å². The first-order chi connectivity index (χ1) is 28.3. The fraction of sp³-hybridized carbons (Fsp3) is 0.442. The third-order valence-electron chi connectivity index (χ3n) is 10.5. The lowest BCUT2D eigenvalue weighted by molar-refractivity contribution is -0.141. The summed E-state index contributed by atoms with van der Waals surface area (Å²) in [7, 11) is 0. The van der Waals surface area contributed by atoms with Gasteiger partial charge in [0.25, 0.3) is 0 Å². The molecule has 4 heterocycles. The number of ether oxygens (including phenoxy) is 2. The SMILES string of the molecule is C=CCCCN(C(=O)OC(C)(C)C)c1cc(-c2cnc(C)nc2)cc2c(C(C)=O)nn(CC(=O)N3[C@H](C(=O)Nc4nc(C(F)(F)F)ccc4C)C[C@@]4(COCC=C)C[C@@H]34)c12. The number of allylic oxidation sites excluding steroid dienone is 1. The second-order valence-corrected chi connectivity index (χ2v) is 16.3. The van der Waals surface area contributed by atoms with E-state index >= 15 is 0 Å². The molecule has 3 amide bonds. The minimum atomic E-state index is -4.75. The van der Waals surface area contributed by atoms with Crippen LogP contribution in [0.3, 0.4) is 0 Å². The normalized spacial score (nSPS) is 18.5. The van der Waals surface area contributed by atoms with Crippen molar-refractivity contribution < 1.29 is 41.8 Å². The summed E-state index contributed by atoms with van der Waals surface area (Å²) in [6.07, 6.45) is 2.89. The highest BCUT2D eigenvalue weighted by Crippen LogP contribution is 2.60. The average Bonchev–Trinajstić information content (AvgIpc) is 3.57. The van der Waals surface area contributed by atoms with Gasteiger partial charge < -0.3 is 19.7 Å². The van der Waals surface area contributed by atoms with Gasteiger partial charge in [-0.3, -0.25) is 24.0 Å². The number of aromatic nitrogens is 5. The molecular weight excluding hydrogens is 782 g/mol. The number of aryl methyl sites for hydroxylation is 2. The van der Waals surface area contributed by atoms with Gasteiger partial charge in [0, 0.05) is 48.3 Å². The van der Waals surface area contributed by atoms with Crippen molar-refractivity contribution in [1.29, 1.82) is 0 Å². The molecule has 1 saturated carbocycles. The van der Waals surface area contributed by atoms with E-state index in [1.807, 2.05) is 0 Å². The molecule has 2 aliphatic rings. The molecular formula is C43H49F3N8O6. The zero-order chi connectivity index (χ0) is 43.7. The van der Waals surface area contributed by atoms with Crippen molar-refractivity contribution in [3.63, 3.8) is 0 Å². The van der Waals surface area contributed by atoms with Crippen molar-refractivity contribution in [3.8, 4) is 11.1 Å². The molecule has 318 valence electrons.